The van der Waals surface area contributed by atoms with Crippen LogP contribution in [0.1, 0.15) is 95.5 Å². The largest absolute Gasteiger partial charge is 0.465 e. The highest BCUT2D eigenvalue weighted by molar-refractivity contribution is 8.14. The van der Waals surface area contributed by atoms with E-state index in [0.717, 1.165) is 29.6 Å². The third-order valence-electron chi connectivity index (χ3n) is 7.16. The van der Waals surface area contributed by atoms with Crippen molar-refractivity contribution in [2.45, 2.75) is 98.6 Å². The van der Waals surface area contributed by atoms with Crippen molar-refractivity contribution in [3.8, 4) is 17.1 Å². The third kappa shape index (κ3) is 9.92. The van der Waals surface area contributed by atoms with Gasteiger partial charge in [0.15, 0.2) is 5.12 Å². The second-order valence-electron chi connectivity index (χ2n) is 12.9. The lowest BCUT2D eigenvalue weighted by Gasteiger charge is -2.25. The number of carbonyl (C=O) groups excluding carboxylic acids is 3. The lowest BCUT2D eigenvalue weighted by Crippen LogP contribution is -2.36. The molecule has 0 saturated carbocycles. The topological polar surface area (TPSA) is 90.7 Å². The molecule has 1 heterocycles. The first-order valence-corrected chi connectivity index (χ1v) is 16.8. The number of aryl methyl sites for hydroxylation is 1. The number of halogens is 1. The second kappa shape index (κ2) is 16.3. The van der Waals surface area contributed by atoms with Crippen LogP contribution in [0.25, 0.3) is 11.1 Å². The Morgan fingerprint density at radius 2 is 1.78 bits per heavy atom. The molecule has 2 aromatic carbocycles. The summed E-state index contributed by atoms with van der Waals surface area (Å²) < 4.78 is 29.3. The molecular formula is C36H48FN3O5S. The molecule has 0 aliphatic rings. The minimum Gasteiger partial charge on any atom is -0.465 e. The number of esters is 1. The summed E-state index contributed by atoms with van der Waals surface area (Å²) in [5.74, 6) is -0.827. The summed E-state index contributed by atoms with van der Waals surface area (Å²) in [6.07, 6.45) is 1.93. The Hall–Kier alpha value is -3.66. The predicted octanol–water partition coefficient (Wildman–Crippen LogP) is 7.70. The summed E-state index contributed by atoms with van der Waals surface area (Å²) in [6.45, 7) is 15.7. The highest BCUT2D eigenvalue weighted by atomic mass is 32.2. The first kappa shape index (κ1) is 36.8. The monoisotopic (exact) mass is 653 g/mol. The van der Waals surface area contributed by atoms with Crippen LogP contribution in [0.15, 0.2) is 42.5 Å². The van der Waals surface area contributed by atoms with Crippen LogP contribution in [-0.4, -0.2) is 55.9 Å². The van der Waals surface area contributed by atoms with Crippen molar-refractivity contribution in [3.05, 3.63) is 70.8 Å². The van der Waals surface area contributed by atoms with Gasteiger partial charge in [0.25, 0.3) is 6.01 Å². The summed E-state index contributed by atoms with van der Waals surface area (Å²) in [4.78, 5) is 44.8. The van der Waals surface area contributed by atoms with E-state index in [1.807, 2.05) is 32.3 Å². The lowest BCUT2D eigenvalue weighted by molar-refractivity contribution is -0.130. The van der Waals surface area contributed by atoms with Gasteiger partial charge < -0.3 is 14.4 Å². The Balaban J connectivity index is 1.99. The van der Waals surface area contributed by atoms with Gasteiger partial charge in [0, 0.05) is 19.5 Å². The van der Waals surface area contributed by atoms with E-state index in [1.54, 1.807) is 69.1 Å². The number of nitrogens with zero attached hydrogens (tertiary/aromatic N) is 3. The van der Waals surface area contributed by atoms with Crippen LogP contribution < -0.4 is 4.74 Å². The molecule has 0 spiro atoms. The second-order valence-corrected chi connectivity index (χ2v) is 14.2. The van der Waals surface area contributed by atoms with Gasteiger partial charge in [-0.2, -0.15) is 4.98 Å². The summed E-state index contributed by atoms with van der Waals surface area (Å²) >= 11 is 1.06. The summed E-state index contributed by atoms with van der Waals surface area (Å²) in [5.41, 5.74) is 2.72. The van der Waals surface area contributed by atoms with Gasteiger partial charge in [-0.15, -0.1) is 0 Å². The molecule has 250 valence electrons. The zero-order chi connectivity index (χ0) is 34.2. The van der Waals surface area contributed by atoms with Crippen molar-refractivity contribution in [3.63, 3.8) is 0 Å². The number of rotatable bonds is 14. The fraction of sp³-hybridized carbons (Fsp3) is 0.500. The zero-order valence-corrected chi connectivity index (χ0v) is 29.4. The molecule has 0 fully saturated rings. The molecule has 3 aromatic rings. The van der Waals surface area contributed by atoms with Gasteiger partial charge in [-0.3, -0.25) is 14.2 Å². The van der Waals surface area contributed by atoms with E-state index in [1.165, 1.54) is 13.0 Å². The molecule has 0 saturated heterocycles. The van der Waals surface area contributed by atoms with Gasteiger partial charge in [-0.05, 0) is 69.2 Å². The maximum Gasteiger partial charge on any atom is 0.339 e. The van der Waals surface area contributed by atoms with E-state index in [4.69, 9.17) is 14.5 Å². The quantitative estimate of drug-likeness (QED) is 0.165. The molecule has 8 nitrogen and oxygen atoms in total. The molecule has 46 heavy (non-hydrogen) atoms. The van der Waals surface area contributed by atoms with Crippen LogP contribution in [0.2, 0.25) is 0 Å². The van der Waals surface area contributed by atoms with Crippen molar-refractivity contribution < 1.29 is 28.2 Å². The van der Waals surface area contributed by atoms with E-state index < -0.39 is 22.6 Å². The van der Waals surface area contributed by atoms with E-state index >= 15 is 4.39 Å². The number of hydrogen-bond donors (Lipinski definition) is 0. The molecule has 0 unspecified atom stereocenters. The van der Waals surface area contributed by atoms with Crippen molar-refractivity contribution in [1.82, 2.24) is 14.5 Å². The fourth-order valence-corrected chi connectivity index (χ4v) is 6.24. The minimum atomic E-state index is -0.670. The smallest absolute Gasteiger partial charge is 0.339 e. The highest BCUT2D eigenvalue weighted by Crippen LogP contribution is 2.30. The number of imidazole rings is 1. The van der Waals surface area contributed by atoms with Crippen LogP contribution in [0.3, 0.4) is 0 Å². The Morgan fingerprint density at radius 3 is 2.37 bits per heavy atom. The average molecular weight is 654 g/mol. The number of aromatic nitrogens is 2. The van der Waals surface area contributed by atoms with Crippen molar-refractivity contribution in [2.75, 3.05) is 13.7 Å². The van der Waals surface area contributed by atoms with Crippen LogP contribution in [0.4, 0.5) is 4.39 Å². The number of ether oxygens (including phenoxy) is 2. The van der Waals surface area contributed by atoms with E-state index in [9.17, 15) is 14.4 Å². The molecular weight excluding hydrogens is 605 g/mol. The molecule has 3 rings (SSSR count). The van der Waals surface area contributed by atoms with Gasteiger partial charge in [0.1, 0.15) is 11.4 Å². The molecule has 0 aliphatic heterocycles. The molecule has 1 atom stereocenters. The lowest BCUT2D eigenvalue weighted by atomic mass is 9.98. The van der Waals surface area contributed by atoms with Gasteiger partial charge in [-0.1, -0.05) is 69.8 Å². The molecule has 1 amide bonds. The Labute approximate surface area is 277 Å². The molecule has 10 heteroatoms. The van der Waals surface area contributed by atoms with Gasteiger partial charge in [0.2, 0.25) is 5.91 Å². The van der Waals surface area contributed by atoms with Crippen LogP contribution in [0, 0.1) is 11.7 Å². The number of amides is 1. The normalized spacial score (nSPS) is 12.2. The first-order valence-electron chi connectivity index (χ1n) is 15.9. The van der Waals surface area contributed by atoms with Crippen LogP contribution in [0.5, 0.6) is 6.01 Å². The van der Waals surface area contributed by atoms with Crippen LogP contribution >= 0.6 is 11.8 Å². The molecule has 0 radical (unpaired) electrons. The van der Waals surface area contributed by atoms with E-state index in [0.29, 0.717) is 47.7 Å². The van der Waals surface area contributed by atoms with Crippen molar-refractivity contribution >= 4 is 28.8 Å². The van der Waals surface area contributed by atoms with Gasteiger partial charge in [-0.25, -0.2) is 9.18 Å². The fourth-order valence-electron chi connectivity index (χ4n) is 5.07. The van der Waals surface area contributed by atoms with E-state index in [-0.39, 0.29) is 30.0 Å². The van der Waals surface area contributed by atoms with Crippen molar-refractivity contribution in [1.29, 1.82) is 0 Å². The zero-order valence-electron chi connectivity index (χ0n) is 28.6. The minimum absolute atomic E-state index is 0.102. The average Bonchev–Trinajstić information content (AvgIpc) is 3.30. The van der Waals surface area contributed by atoms with E-state index in [2.05, 4.69) is 0 Å². The third-order valence-corrected chi connectivity index (χ3v) is 8.17. The number of benzene rings is 2. The molecule has 0 bridgehead atoms. The molecule has 1 aromatic heterocycles. The predicted molar refractivity (Wildman–Crippen MR) is 181 cm³/mol. The highest BCUT2D eigenvalue weighted by Gasteiger charge is 2.28. The molecule has 0 N–H and O–H groups in total. The summed E-state index contributed by atoms with van der Waals surface area (Å²) in [6, 6.07) is 12.3. The standard InChI is InChI=1S/C36H48FN3O5S/c1-10-18-44-35-38-30(11-2)31(22-39(9)33(42)32(19-23(3)4)46-24(5)41)40(35)21-26-17-16-25(20-29(26)37)27-14-12-13-15-28(27)34(43)45-36(6,7)8/h12-17,20,23,32H,10-11,18-19,21-22H2,1-9H3/t32-/m0/s1. The SMILES string of the molecule is CCCOc1nc(CC)c(CN(C)C(=O)[C@H](CC(C)C)SC(C)=O)n1Cc1ccc(-c2ccccc2C(=O)OC(C)(C)C)cc1F. The van der Waals surface area contributed by atoms with Crippen molar-refractivity contribution in [2.24, 2.45) is 5.92 Å². The number of hydrogen-bond acceptors (Lipinski definition) is 7. The maximum absolute atomic E-state index is 15.9. The first-order chi connectivity index (χ1) is 21.6. The number of carbonyl (C=O) groups is 3. The summed E-state index contributed by atoms with van der Waals surface area (Å²) in [5, 5.41) is -0.595. The van der Waals surface area contributed by atoms with Gasteiger partial charge >= 0.3 is 5.97 Å². The maximum atomic E-state index is 15.9. The Bertz CT molecular complexity index is 1530. The summed E-state index contributed by atoms with van der Waals surface area (Å²) in [7, 11) is 1.72. The Morgan fingerprint density at radius 1 is 1.09 bits per heavy atom. The molecule has 0 aliphatic carbocycles. The Kier molecular flexibility index (Phi) is 13.0. The number of thioether (sulfide) groups is 1. The van der Waals surface area contributed by atoms with Gasteiger partial charge in [0.05, 0.1) is 41.9 Å². The van der Waals surface area contributed by atoms with Crippen LogP contribution in [-0.2, 0) is 33.8 Å².